The number of fused-ring (bicyclic) bond motifs is 1. The molecule has 1 aromatic heterocycles. The van der Waals surface area contributed by atoms with Gasteiger partial charge in [0, 0.05) is 27.6 Å². The molecule has 1 N–H and O–H groups in total. The van der Waals surface area contributed by atoms with Gasteiger partial charge in [-0.2, -0.15) is 0 Å². The number of hydrogen-bond donors (Lipinski definition) is 1. The van der Waals surface area contributed by atoms with Gasteiger partial charge in [-0.15, -0.1) is 0 Å². The van der Waals surface area contributed by atoms with E-state index in [4.69, 9.17) is 27.9 Å². The Kier molecular flexibility index (Phi) is 5.11. The number of halogens is 2. The Labute approximate surface area is 172 Å². The Bertz CT molecular complexity index is 1000. The predicted octanol–water partition coefficient (Wildman–Crippen LogP) is 5.56. The molecular weight excluding hydrogens is 397 g/mol. The number of nitrogens with zero attached hydrogens (tertiary/aromatic N) is 2. The molecule has 1 atom stereocenters. The zero-order valence-corrected chi connectivity index (χ0v) is 16.5. The van der Waals surface area contributed by atoms with E-state index < -0.39 is 6.17 Å². The van der Waals surface area contributed by atoms with E-state index in [1.807, 2.05) is 31.2 Å². The highest BCUT2D eigenvalue weighted by molar-refractivity contribution is 6.35. The highest BCUT2D eigenvalue weighted by atomic mass is 35.5. The number of hydrogen-bond acceptors (Lipinski definition) is 4. The summed E-state index contributed by atoms with van der Waals surface area (Å²) < 4.78 is 5.50. The van der Waals surface area contributed by atoms with Crippen LogP contribution in [0.1, 0.15) is 29.1 Å². The Morgan fingerprint density at radius 3 is 2.50 bits per heavy atom. The van der Waals surface area contributed by atoms with Crippen LogP contribution in [-0.4, -0.2) is 17.5 Å². The molecule has 0 spiro atoms. The number of amides is 1. The third kappa shape index (κ3) is 3.51. The minimum atomic E-state index is -0.490. The fourth-order valence-corrected chi connectivity index (χ4v) is 3.78. The Hall–Kier alpha value is -2.76. The van der Waals surface area contributed by atoms with E-state index in [0.717, 1.165) is 11.4 Å². The normalized spacial score (nSPS) is 15.5. The van der Waals surface area contributed by atoms with Crippen molar-refractivity contribution in [3.05, 3.63) is 82.1 Å². The number of rotatable bonds is 5. The summed E-state index contributed by atoms with van der Waals surface area (Å²) in [6.07, 6.45) is 1.18. The van der Waals surface area contributed by atoms with Crippen molar-refractivity contribution in [2.45, 2.75) is 13.1 Å². The van der Waals surface area contributed by atoms with Gasteiger partial charge in [-0.25, -0.2) is 0 Å². The van der Waals surface area contributed by atoms with Gasteiger partial charge < -0.3 is 10.1 Å². The molecule has 2 aromatic carbocycles. The van der Waals surface area contributed by atoms with E-state index in [9.17, 15) is 4.79 Å². The van der Waals surface area contributed by atoms with Crippen molar-refractivity contribution in [3.8, 4) is 5.75 Å². The first kappa shape index (κ1) is 18.6. The zero-order chi connectivity index (χ0) is 19.7. The topological polar surface area (TPSA) is 54.5 Å². The van der Waals surface area contributed by atoms with Gasteiger partial charge in [-0.05, 0) is 61.5 Å². The Morgan fingerprint density at radius 2 is 1.82 bits per heavy atom. The number of anilines is 2. The summed E-state index contributed by atoms with van der Waals surface area (Å²) in [5.41, 5.74) is 2.64. The van der Waals surface area contributed by atoms with Crippen LogP contribution in [0.15, 0.2) is 60.8 Å². The third-order valence-corrected chi connectivity index (χ3v) is 4.83. The van der Waals surface area contributed by atoms with Crippen LogP contribution in [0.25, 0.3) is 0 Å². The standard InChI is InChI=1S/C21H17Cl2N3O2/c1-2-28-17-7-5-16(6-8-17)26-20(19-18(21(26)27)4-3-9-24-19)25-15-11-13(22)10-14(23)12-15/h3-12,20,25H,2H2,1H3/t20-/m0/s1. The number of aromatic nitrogens is 1. The van der Waals surface area contributed by atoms with Gasteiger partial charge in [0.05, 0.1) is 17.9 Å². The molecule has 1 aliphatic heterocycles. The van der Waals surface area contributed by atoms with Crippen LogP contribution < -0.4 is 15.0 Å². The molecule has 0 bridgehead atoms. The molecular formula is C21H17Cl2N3O2. The first-order chi connectivity index (χ1) is 13.6. The summed E-state index contributed by atoms with van der Waals surface area (Å²) >= 11 is 12.3. The van der Waals surface area contributed by atoms with Crippen molar-refractivity contribution in [2.24, 2.45) is 0 Å². The van der Waals surface area contributed by atoms with Crippen molar-refractivity contribution in [1.82, 2.24) is 4.98 Å². The average molecular weight is 414 g/mol. The van der Waals surface area contributed by atoms with Gasteiger partial charge in [0.25, 0.3) is 5.91 Å². The second-order valence-corrected chi connectivity index (χ2v) is 7.12. The number of carbonyl (C=O) groups is 1. The molecule has 0 aliphatic carbocycles. The van der Waals surface area contributed by atoms with Crippen LogP contribution in [0.2, 0.25) is 10.0 Å². The fourth-order valence-electron chi connectivity index (χ4n) is 3.25. The van der Waals surface area contributed by atoms with Crippen molar-refractivity contribution in [1.29, 1.82) is 0 Å². The molecule has 1 aliphatic rings. The summed E-state index contributed by atoms with van der Waals surface area (Å²) in [6.45, 7) is 2.51. The van der Waals surface area contributed by atoms with Gasteiger partial charge in [0.15, 0.2) is 6.17 Å². The monoisotopic (exact) mass is 413 g/mol. The summed E-state index contributed by atoms with van der Waals surface area (Å²) in [5, 5.41) is 4.36. The molecule has 0 unspecified atom stereocenters. The largest absolute Gasteiger partial charge is 0.494 e. The van der Waals surface area contributed by atoms with E-state index in [1.54, 1.807) is 41.4 Å². The zero-order valence-electron chi connectivity index (χ0n) is 15.0. The summed E-state index contributed by atoms with van der Waals surface area (Å²) in [5.74, 6) is 0.623. The minimum Gasteiger partial charge on any atom is -0.494 e. The second kappa shape index (κ2) is 7.70. The molecule has 4 rings (SSSR count). The number of pyridine rings is 1. The van der Waals surface area contributed by atoms with Gasteiger partial charge >= 0.3 is 0 Å². The molecule has 28 heavy (non-hydrogen) atoms. The molecule has 3 aromatic rings. The predicted molar refractivity (Wildman–Crippen MR) is 111 cm³/mol. The fraction of sp³-hybridized carbons (Fsp3) is 0.143. The molecule has 142 valence electrons. The number of benzene rings is 2. The van der Waals surface area contributed by atoms with Gasteiger partial charge in [0.1, 0.15) is 5.75 Å². The van der Waals surface area contributed by atoms with E-state index in [0.29, 0.717) is 33.6 Å². The van der Waals surface area contributed by atoms with Gasteiger partial charge in [-0.3, -0.25) is 14.7 Å². The lowest BCUT2D eigenvalue weighted by Gasteiger charge is -2.27. The highest BCUT2D eigenvalue weighted by Gasteiger charge is 2.39. The number of nitrogens with one attached hydrogen (secondary N) is 1. The van der Waals surface area contributed by atoms with Crippen molar-refractivity contribution < 1.29 is 9.53 Å². The quantitative estimate of drug-likeness (QED) is 0.594. The van der Waals surface area contributed by atoms with Crippen LogP contribution >= 0.6 is 23.2 Å². The van der Waals surface area contributed by atoms with Crippen LogP contribution in [0.5, 0.6) is 5.75 Å². The van der Waals surface area contributed by atoms with E-state index in [-0.39, 0.29) is 5.91 Å². The maximum absolute atomic E-state index is 13.1. The smallest absolute Gasteiger partial charge is 0.262 e. The Balaban J connectivity index is 1.74. The minimum absolute atomic E-state index is 0.127. The lowest BCUT2D eigenvalue weighted by Crippen LogP contribution is -2.32. The summed E-state index contributed by atoms with van der Waals surface area (Å²) in [4.78, 5) is 19.2. The van der Waals surface area contributed by atoms with Gasteiger partial charge in [-0.1, -0.05) is 23.2 Å². The molecule has 1 amide bonds. The lowest BCUT2D eigenvalue weighted by atomic mass is 10.2. The third-order valence-electron chi connectivity index (χ3n) is 4.40. The molecule has 2 heterocycles. The summed E-state index contributed by atoms with van der Waals surface area (Å²) in [6, 6.07) is 16.1. The van der Waals surface area contributed by atoms with Gasteiger partial charge in [0.2, 0.25) is 0 Å². The van der Waals surface area contributed by atoms with E-state index >= 15 is 0 Å². The molecule has 0 radical (unpaired) electrons. The maximum atomic E-state index is 13.1. The average Bonchev–Trinajstić information content (AvgIpc) is 2.94. The second-order valence-electron chi connectivity index (χ2n) is 6.24. The molecule has 0 fully saturated rings. The molecule has 0 saturated carbocycles. The van der Waals surface area contributed by atoms with E-state index in [1.165, 1.54) is 0 Å². The first-order valence-electron chi connectivity index (χ1n) is 8.81. The van der Waals surface area contributed by atoms with Crippen LogP contribution in [0, 0.1) is 0 Å². The van der Waals surface area contributed by atoms with Crippen LogP contribution in [0.3, 0.4) is 0 Å². The van der Waals surface area contributed by atoms with Crippen LogP contribution in [0.4, 0.5) is 11.4 Å². The van der Waals surface area contributed by atoms with Crippen molar-refractivity contribution in [2.75, 3.05) is 16.8 Å². The van der Waals surface area contributed by atoms with E-state index in [2.05, 4.69) is 10.3 Å². The SMILES string of the molecule is CCOc1ccc(N2C(=O)c3cccnc3[C@H]2Nc2cc(Cl)cc(Cl)c2)cc1. The number of carbonyl (C=O) groups excluding carboxylic acids is 1. The molecule has 5 nitrogen and oxygen atoms in total. The molecule has 0 saturated heterocycles. The first-order valence-corrected chi connectivity index (χ1v) is 9.56. The number of ether oxygens (including phenoxy) is 1. The summed E-state index contributed by atoms with van der Waals surface area (Å²) in [7, 11) is 0. The lowest BCUT2D eigenvalue weighted by molar-refractivity contribution is 0.0993. The maximum Gasteiger partial charge on any atom is 0.262 e. The van der Waals surface area contributed by atoms with Crippen molar-refractivity contribution >= 4 is 40.5 Å². The highest BCUT2D eigenvalue weighted by Crippen LogP contribution is 2.38. The van der Waals surface area contributed by atoms with Crippen molar-refractivity contribution in [3.63, 3.8) is 0 Å². The van der Waals surface area contributed by atoms with Crippen LogP contribution in [-0.2, 0) is 0 Å². The molecule has 7 heteroatoms. The Morgan fingerprint density at radius 1 is 1.11 bits per heavy atom.